The van der Waals surface area contributed by atoms with Crippen LogP contribution in [0.5, 0.6) is 0 Å². The van der Waals surface area contributed by atoms with Gasteiger partial charge in [0.25, 0.3) is 0 Å². The third-order valence-corrected chi connectivity index (χ3v) is 7.77. The van der Waals surface area contributed by atoms with Gasteiger partial charge in [-0.3, -0.25) is 9.59 Å². The van der Waals surface area contributed by atoms with Gasteiger partial charge >= 0.3 is 10.2 Å². The van der Waals surface area contributed by atoms with Gasteiger partial charge < -0.3 is 10.2 Å². The van der Waals surface area contributed by atoms with Crippen LogP contribution < -0.4 is 9.62 Å². The molecule has 1 N–H and O–H groups in total. The maximum absolute atomic E-state index is 13.6. The van der Waals surface area contributed by atoms with E-state index in [-0.39, 0.29) is 29.6 Å². The van der Waals surface area contributed by atoms with E-state index in [1.807, 2.05) is 0 Å². The SMILES string of the molecule is CCNC(=O)C(CC)N(Cc1ccc(Cl)c(Cl)c1)C(=O)CN(c1ccc(F)cc1)S(=O)(=O)N(C)C. The molecule has 1 atom stereocenters. The van der Waals surface area contributed by atoms with Gasteiger partial charge in [0, 0.05) is 27.2 Å². The van der Waals surface area contributed by atoms with E-state index in [1.165, 1.54) is 31.1 Å². The molecule has 2 amide bonds. The van der Waals surface area contributed by atoms with Gasteiger partial charge in [-0.05, 0) is 55.3 Å². The van der Waals surface area contributed by atoms with E-state index >= 15 is 0 Å². The molecule has 192 valence electrons. The number of halogens is 3. The topological polar surface area (TPSA) is 90.0 Å². The highest BCUT2D eigenvalue weighted by atomic mass is 35.5. The van der Waals surface area contributed by atoms with Gasteiger partial charge in [0.1, 0.15) is 18.4 Å². The third kappa shape index (κ3) is 7.30. The second-order valence-corrected chi connectivity index (χ2v) is 10.7. The summed E-state index contributed by atoms with van der Waals surface area (Å²) in [5.41, 5.74) is 0.716. The van der Waals surface area contributed by atoms with E-state index in [0.29, 0.717) is 17.1 Å². The Morgan fingerprint density at radius 2 is 1.66 bits per heavy atom. The number of anilines is 1. The molecule has 0 heterocycles. The number of hydrogen-bond donors (Lipinski definition) is 1. The van der Waals surface area contributed by atoms with Crippen LogP contribution in [0.4, 0.5) is 10.1 Å². The van der Waals surface area contributed by atoms with Crippen LogP contribution in [0, 0.1) is 5.82 Å². The number of hydrogen-bond acceptors (Lipinski definition) is 4. The van der Waals surface area contributed by atoms with Gasteiger partial charge in [-0.15, -0.1) is 0 Å². The summed E-state index contributed by atoms with van der Waals surface area (Å²) >= 11 is 12.1. The Kier molecular flexibility index (Phi) is 10.3. The number of rotatable bonds is 11. The molecule has 0 saturated carbocycles. The number of nitrogens with zero attached hydrogens (tertiary/aromatic N) is 3. The first-order valence-electron chi connectivity index (χ1n) is 10.9. The molecule has 12 heteroatoms. The summed E-state index contributed by atoms with van der Waals surface area (Å²) in [5.74, 6) is -1.54. The maximum Gasteiger partial charge on any atom is 0.304 e. The largest absolute Gasteiger partial charge is 0.355 e. The van der Waals surface area contributed by atoms with Gasteiger partial charge in [-0.25, -0.2) is 8.70 Å². The Labute approximate surface area is 215 Å². The van der Waals surface area contributed by atoms with E-state index in [9.17, 15) is 22.4 Å². The second kappa shape index (κ2) is 12.5. The summed E-state index contributed by atoms with van der Waals surface area (Å²) in [5, 5.41) is 3.34. The van der Waals surface area contributed by atoms with Crippen LogP contribution in [0.1, 0.15) is 25.8 Å². The summed E-state index contributed by atoms with van der Waals surface area (Å²) in [4.78, 5) is 27.7. The molecule has 0 bridgehead atoms. The fraction of sp³-hybridized carbons (Fsp3) is 0.391. The first-order chi connectivity index (χ1) is 16.4. The predicted molar refractivity (Wildman–Crippen MR) is 136 cm³/mol. The zero-order chi connectivity index (χ0) is 26.3. The van der Waals surface area contributed by atoms with Crippen molar-refractivity contribution in [3.05, 3.63) is 63.9 Å². The van der Waals surface area contributed by atoms with Gasteiger partial charge in [0.15, 0.2) is 0 Å². The summed E-state index contributed by atoms with van der Waals surface area (Å²) in [6.45, 7) is 3.26. The first-order valence-corrected chi connectivity index (χ1v) is 13.0. The highest BCUT2D eigenvalue weighted by Gasteiger charge is 2.33. The van der Waals surface area contributed by atoms with Crippen molar-refractivity contribution in [2.75, 3.05) is 31.5 Å². The molecule has 0 aliphatic heterocycles. The number of carbonyl (C=O) groups is 2. The normalized spacial score (nSPS) is 12.3. The summed E-state index contributed by atoms with van der Waals surface area (Å²) < 4.78 is 41.5. The van der Waals surface area contributed by atoms with Gasteiger partial charge in [0.05, 0.1) is 15.7 Å². The molecule has 1 unspecified atom stereocenters. The molecule has 2 aromatic carbocycles. The summed E-state index contributed by atoms with van der Waals surface area (Å²) in [7, 11) is -1.47. The minimum atomic E-state index is -4.12. The lowest BCUT2D eigenvalue weighted by Gasteiger charge is -2.33. The smallest absolute Gasteiger partial charge is 0.304 e. The van der Waals surface area contributed by atoms with Crippen molar-refractivity contribution >= 4 is 50.9 Å². The molecule has 0 radical (unpaired) electrons. The molecule has 2 rings (SSSR count). The molecule has 35 heavy (non-hydrogen) atoms. The standard InChI is InChI=1S/C23H29Cl2FN4O4S/c1-5-21(23(32)27-6-2)29(14-16-7-12-19(24)20(25)13-16)22(31)15-30(35(33,34)28(3)4)18-10-8-17(26)9-11-18/h7-13,21H,5-6,14-15H2,1-4H3,(H,27,32). The second-order valence-electron chi connectivity index (χ2n) is 7.86. The lowest BCUT2D eigenvalue weighted by Crippen LogP contribution is -2.53. The molecule has 0 saturated heterocycles. The fourth-order valence-corrected chi connectivity index (χ4v) is 4.75. The van der Waals surface area contributed by atoms with Crippen molar-refractivity contribution in [2.24, 2.45) is 0 Å². The average molecular weight is 547 g/mol. The zero-order valence-corrected chi connectivity index (χ0v) is 22.3. The maximum atomic E-state index is 13.6. The minimum absolute atomic E-state index is 0.00929. The number of carbonyl (C=O) groups excluding carboxylic acids is 2. The van der Waals surface area contributed by atoms with Crippen LogP contribution in [0.3, 0.4) is 0 Å². The van der Waals surface area contributed by atoms with Crippen LogP contribution in [-0.4, -0.2) is 62.7 Å². The Hall–Kier alpha value is -2.40. The number of nitrogens with one attached hydrogen (secondary N) is 1. The number of amides is 2. The van der Waals surface area contributed by atoms with Gasteiger partial charge in [-0.2, -0.15) is 12.7 Å². The van der Waals surface area contributed by atoms with Crippen molar-refractivity contribution in [2.45, 2.75) is 32.9 Å². The van der Waals surface area contributed by atoms with Crippen molar-refractivity contribution in [1.29, 1.82) is 0 Å². The third-order valence-electron chi connectivity index (χ3n) is 5.21. The lowest BCUT2D eigenvalue weighted by molar-refractivity contribution is -0.140. The molecular weight excluding hydrogens is 518 g/mol. The summed E-state index contributed by atoms with van der Waals surface area (Å²) in [6, 6.07) is 8.73. The quantitative estimate of drug-likeness (QED) is 0.465. The van der Waals surface area contributed by atoms with E-state index in [1.54, 1.807) is 32.0 Å². The molecule has 0 aliphatic carbocycles. The van der Waals surface area contributed by atoms with Crippen LogP contribution in [0.2, 0.25) is 10.0 Å². The van der Waals surface area contributed by atoms with Gasteiger partial charge in [0.2, 0.25) is 11.8 Å². The van der Waals surface area contributed by atoms with Crippen molar-refractivity contribution in [3.63, 3.8) is 0 Å². The Morgan fingerprint density at radius 1 is 1.03 bits per heavy atom. The van der Waals surface area contributed by atoms with Crippen LogP contribution >= 0.6 is 23.2 Å². The van der Waals surface area contributed by atoms with Crippen LogP contribution in [0.25, 0.3) is 0 Å². The molecule has 0 spiro atoms. The Bertz CT molecular complexity index is 1150. The molecule has 2 aromatic rings. The molecule has 8 nitrogen and oxygen atoms in total. The highest BCUT2D eigenvalue weighted by molar-refractivity contribution is 7.90. The Morgan fingerprint density at radius 3 is 2.17 bits per heavy atom. The zero-order valence-electron chi connectivity index (χ0n) is 20.0. The molecular formula is C23H29Cl2FN4O4S. The van der Waals surface area contributed by atoms with Crippen molar-refractivity contribution < 1.29 is 22.4 Å². The highest BCUT2D eigenvalue weighted by Crippen LogP contribution is 2.25. The minimum Gasteiger partial charge on any atom is -0.355 e. The molecule has 0 aromatic heterocycles. The lowest BCUT2D eigenvalue weighted by atomic mass is 10.1. The number of likely N-dealkylation sites (N-methyl/N-ethyl adjacent to an activating group) is 1. The van der Waals surface area contributed by atoms with E-state index in [2.05, 4.69) is 5.32 Å². The Balaban J connectivity index is 2.50. The average Bonchev–Trinajstić information content (AvgIpc) is 2.80. The molecule has 0 aliphatic rings. The summed E-state index contributed by atoms with van der Waals surface area (Å²) in [6.07, 6.45) is 0.288. The van der Waals surface area contributed by atoms with Crippen molar-refractivity contribution in [3.8, 4) is 0 Å². The number of benzene rings is 2. The monoisotopic (exact) mass is 546 g/mol. The van der Waals surface area contributed by atoms with Crippen LogP contribution in [0.15, 0.2) is 42.5 Å². The van der Waals surface area contributed by atoms with Crippen molar-refractivity contribution in [1.82, 2.24) is 14.5 Å². The van der Waals surface area contributed by atoms with E-state index in [4.69, 9.17) is 23.2 Å². The first kappa shape index (κ1) is 28.8. The molecule has 0 fully saturated rings. The van der Waals surface area contributed by atoms with E-state index in [0.717, 1.165) is 20.7 Å². The van der Waals surface area contributed by atoms with Crippen LogP contribution in [-0.2, 0) is 26.3 Å². The van der Waals surface area contributed by atoms with Gasteiger partial charge in [-0.1, -0.05) is 36.2 Å². The predicted octanol–water partition coefficient (Wildman–Crippen LogP) is 3.69. The van der Waals surface area contributed by atoms with E-state index < -0.39 is 34.5 Å². The fourth-order valence-electron chi connectivity index (χ4n) is 3.37.